The van der Waals surface area contributed by atoms with Gasteiger partial charge in [0, 0.05) is 26.1 Å². The minimum absolute atomic E-state index is 0.0352. The molecule has 11 heteroatoms. The number of rotatable bonds is 20. The van der Waals surface area contributed by atoms with Crippen LogP contribution < -0.4 is 21.5 Å². The second-order valence-corrected chi connectivity index (χ2v) is 13.3. The third kappa shape index (κ3) is 11.5. The van der Waals surface area contributed by atoms with Gasteiger partial charge in [0.05, 0.1) is 30.4 Å². The number of aliphatic hydroxyl groups is 1. The summed E-state index contributed by atoms with van der Waals surface area (Å²) in [5.41, 5.74) is 6.46. The number of benzene rings is 1. The maximum absolute atomic E-state index is 12.7. The van der Waals surface area contributed by atoms with Gasteiger partial charge in [-0.05, 0) is 70.8 Å². The molecule has 1 aliphatic heterocycles. The predicted molar refractivity (Wildman–Crippen MR) is 177 cm³/mol. The van der Waals surface area contributed by atoms with Gasteiger partial charge in [0.15, 0.2) is 0 Å². The second-order valence-electron chi connectivity index (χ2n) is 13.3. The number of carbonyl (C=O) groups excluding carboxylic acids is 3. The van der Waals surface area contributed by atoms with Crippen molar-refractivity contribution in [1.29, 1.82) is 0 Å². The topological polar surface area (TPSA) is 151 Å². The monoisotopic (exact) mass is 644 g/mol. The van der Waals surface area contributed by atoms with Crippen molar-refractivity contribution in [3.05, 3.63) is 47.5 Å². The van der Waals surface area contributed by atoms with E-state index in [-0.39, 0.29) is 24.3 Å². The first-order chi connectivity index (χ1) is 22.0. The van der Waals surface area contributed by atoms with Gasteiger partial charge in [-0.25, -0.2) is 15.6 Å². The average molecular weight is 645 g/mol. The highest BCUT2D eigenvalue weighted by Gasteiger charge is 2.65. The Morgan fingerprint density at radius 1 is 1.13 bits per heavy atom. The fraction of sp³-hybridized carbons (Fsp3) is 0.686. The van der Waals surface area contributed by atoms with Crippen LogP contribution in [0.5, 0.6) is 0 Å². The first-order valence-corrected chi connectivity index (χ1v) is 16.7. The first-order valence-electron chi connectivity index (χ1n) is 16.7. The number of aldehydes is 1. The zero-order valence-corrected chi connectivity index (χ0v) is 28.3. The van der Waals surface area contributed by atoms with Crippen molar-refractivity contribution in [3.8, 4) is 0 Å². The van der Waals surface area contributed by atoms with E-state index in [9.17, 15) is 19.5 Å². The molecule has 1 saturated carbocycles. The number of carbonyl (C=O) groups is 3. The van der Waals surface area contributed by atoms with E-state index >= 15 is 0 Å². The molecule has 2 fully saturated rings. The second kappa shape index (κ2) is 18.5. The van der Waals surface area contributed by atoms with E-state index in [1.165, 1.54) is 5.57 Å². The molecule has 46 heavy (non-hydrogen) atoms. The van der Waals surface area contributed by atoms with E-state index in [0.717, 1.165) is 44.0 Å². The maximum atomic E-state index is 12.7. The van der Waals surface area contributed by atoms with Gasteiger partial charge in [-0.3, -0.25) is 4.79 Å². The number of epoxide rings is 1. The van der Waals surface area contributed by atoms with Gasteiger partial charge >= 0.3 is 6.09 Å². The van der Waals surface area contributed by atoms with Crippen molar-refractivity contribution in [2.75, 3.05) is 33.4 Å². The van der Waals surface area contributed by atoms with Crippen LogP contribution in [0.3, 0.4) is 0 Å². The number of amides is 2. The molecule has 0 bridgehead atoms. The number of unbranched alkanes of at least 4 members (excludes halogenated alkanes) is 3. The lowest BCUT2D eigenvalue weighted by Crippen LogP contribution is -2.61. The molecular weight excluding hydrogens is 588 g/mol. The minimum atomic E-state index is -1.07. The van der Waals surface area contributed by atoms with Gasteiger partial charge in [0.25, 0.3) is 0 Å². The number of allylic oxidation sites excluding steroid dienone is 2. The van der Waals surface area contributed by atoms with Gasteiger partial charge in [-0.2, -0.15) is 0 Å². The van der Waals surface area contributed by atoms with Crippen molar-refractivity contribution in [1.82, 2.24) is 21.5 Å². The van der Waals surface area contributed by atoms with Gasteiger partial charge < -0.3 is 34.7 Å². The zero-order valence-electron chi connectivity index (χ0n) is 28.3. The summed E-state index contributed by atoms with van der Waals surface area (Å²) in [5.74, 6) is -0.506. The van der Waals surface area contributed by atoms with Crippen LogP contribution in [0.4, 0.5) is 4.79 Å². The summed E-state index contributed by atoms with van der Waals surface area (Å²) in [7, 11) is 1.61. The Bertz CT molecular complexity index is 1120. The Balaban J connectivity index is 1.29. The molecule has 258 valence electrons. The number of alkyl carbamates (subject to hydrolysis) is 1. The molecule has 3 rings (SSSR count). The highest BCUT2D eigenvalue weighted by molar-refractivity contribution is 5.77. The van der Waals surface area contributed by atoms with Crippen molar-refractivity contribution >= 4 is 18.3 Å². The Labute approximate surface area is 274 Å². The van der Waals surface area contributed by atoms with Crippen LogP contribution in [0, 0.1) is 11.8 Å². The molecule has 0 radical (unpaired) electrons. The summed E-state index contributed by atoms with van der Waals surface area (Å²) in [6.45, 7) is 9.69. The molecule has 0 aromatic heterocycles. The number of ether oxygens (including phenoxy) is 3. The van der Waals surface area contributed by atoms with E-state index in [4.69, 9.17) is 14.2 Å². The Hall–Kier alpha value is -2.83. The molecule has 1 aromatic carbocycles. The molecule has 2 aliphatic rings. The maximum Gasteiger partial charge on any atom is 0.407 e. The standard InChI is InChI=1S/C35H56N4O7/c1-25(2)15-16-26(3)34(4,43)32-31(44-5)29(17-18-35(32)24-45-35)46-33(42)37-20-12-7-6-11-19-36-30(41)22-38-39-28(23-40)21-27-13-9-8-10-14-27/h8-10,13-15,23,26,28-29,31-32,38-39,43H,6-7,11-12,16-22,24H2,1-5H3,(H,36,41)(H,37,42)/t26-,28+,29?,31?,32?,34?,35+/m1/s1. The van der Waals surface area contributed by atoms with E-state index in [1.807, 2.05) is 58.0 Å². The predicted octanol–water partition coefficient (Wildman–Crippen LogP) is 3.60. The zero-order chi connectivity index (χ0) is 33.6. The summed E-state index contributed by atoms with van der Waals surface area (Å²) in [6, 6.07) is 9.26. The molecule has 1 aromatic rings. The van der Waals surface area contributed by atoms with Crippen molar-refractivity contribution in [3.63, 3.8) is 0 Å². The van der Waals surface area contributed by atoms with Crippen LogP contribution in [-0.2, 0) is 30.2 Å². The fourth-order valence-corrected chi connectivity index (χ4v) is 6.40. The van der Waals surface area contributed by atoms with E-state index in [0.29, 0.717) is 39.0 Å². The number of hydrogen-bond acceptors (Lipinski definition) is 9. The summed E-state index contributed by atoms with van der Waals surface area (Å²) in [5, 5.41) is 17.5. The molecule has 1 aliphatic carbocycles. The molecule has 1 spiro atoms. The quantitative estimate of drug-likeness (QED) is 0.0472. The highest BCUT2D eigenvalue weighted by atomic mass is 16.6. The van der Waals surface area contributed by atoms with Gasteiger partial charge in [0.2, 0.25) is 5.91 Å². The molecule has 11 nitrogen and oxygen atoms in total. The van der Waals surface area contributed by atoms with E-state index in [2.05, 4.69) is 27.6 Å². The number of hydrazine groups is 1. The fourth-order valence-electron chi connectivity index (χ4n) is 6.40. The summed E-state index contributed by atoms with van der Waals surface area (Å²) in [4.78, 5) is 36.1. The third-order valence-corrected chi connectivity index (χ3v) is 9.36. The normalized spacial score (nSPS) is 24.7. The third-order valence-electron chi connectivity index (χ3n) is 9.36. The SMILES string of the molecule is COC1C(OC(=O)NCCCCCCNC(=O)CNN[C@H](C=O)Cc2ccccc2)CC[C@]2(CO2)C1C(C)(O)[C@H](C)CC=C(C)C. The van der Waals surface area contributed by atoms with Crippen LogP contribution in [0.2, 0.25) is 0 Å². The lowest BCUT2D eigenvalue weighted by Gasteiger charge is -2.49. The van der Waals surface area contributed by atoms with Gasteiger partial charge in [0.1, 0.15) is 18.5 Å². The van der Waals surface area contributed by atoms with Crippen LogP contribution in [0.1, 0.15) is 78.2 Å². The Kier molecular flexibility index (Phi) is 15.1. The number of methoxy groups -OCH3 is 1. The van der Waals surface area contributed by atoms with Crippen LogP contribution in [0.25, 0.3) is 0 Å². The van der Waals surface area contributed by atoms with Crippen molar-refractivity contribution < 1.29 is 33.7 Å². The lowest BCUT2D eigenvalue weighted by atomic mass is 9.63. The molecule has 2 amide bonds. The van der Waals surface area contributed by atoms with Gasteiger partial charge in [-0.15, -0.1) is 0 Å². The highest BCUT2D eigenvalue weighted by Crippen LogP contribution is 2.53. The number of hydrogen-bond donors (Lipinski definition) is 5. The van der Waals surface area contributed by atoms with Gasteiger partial charge in [-0.1, -0.05) is 61.7 Å². The molecule has 5 N–H and O–H groups in total. The minimum Gasteiger partial charge on any atom is -0.443 e. The van der Waals surface area contributed by atoms with E-state index in [1.54, 1.807) is 7.11 Å². The molecule has 1 saturated heterocycles. The van der Waals surface area contributed by atoms with Crippen LogP contribution >= 0.6 is 0 Å². The largest absolute Gasteiger partial charge is 0.443 e. The van der Waals surface area contributed by atoms with Crippen molar-refractivity contribution in [2.45, 2.75) is 109 Å². The molecule has 4 unspecified atom stereocenters. The average Bonchev–Trinajstić information content (AvgIpc) is 3.80. The van der Waals surface area contributed by atoms with Crippen molar-refractivity contribution in [2.24, 2.45) is 11.8 Å². The summed E-state index contributed by atoms with van der Waals surface area (Å²) < 4.78 is 17.7. The van der Waals surface area contributed by atoms with E-state index < -0.39 is 35.5 Å². The molecule has 7 atom stereocenters. The summed E-state index contributed by atoms with van der Waals surface area (Å²) >= 11 is 0. The Morgan fingerprint density at radius 3 is 2.41 bits per heavy atom. The smallest absolute Gasteiger partial charge is 0.407 e. The Morgan fingerprint density at radius 2 is 1.80 bits per heavy atom. The number of nitrogens with one attached hydrogen (secondary N) is 4. The molecule has 1 heterocycles. The van der Waals surface area contributed by atoms with Crippen LogP contribution in [-0.4, -0.2) is 86.2 Å². The first kappa shape index (κ1) is 37.6. The summed E-state index contributed by atoms with van der Waals surface area (Å²) in [6.07, 6.45) is 7.54. The molecular formula is C35H56N4O7. The van der Waals surface area contributed by atoms with Crippen LogP contribution in [0.15, 0.2) is 42.0 Å². The lowest BCUT2D eigenvalue weighted by molar-refractivity contribution is -0.178.